The average molecular weight is 354 g/mol. The van der Waals surface area contributed by atoms with Crippen molar-refractivity contribution in [2.75, 3.05) is 5.32 Å². The van der Waals surface area contributed by atoms with Gasteiger partial charge in [0.05, 0.1) is 11.7 Å². The van der Waals surface area contributed by atoms with E-state index in [2.05, 4.69) is 15.3 Å². The number of esters is 1. The standard InChI is InChI=1S/C16H17Cl2N3O2/c1-9(2)23-15(22)11-5-4-10(3)13(6-11)19-7-12-8-20-16(18)21-14(12)17/h4-6,8-9,19H,7H2,1-3H3. The summed E-state index contributed by atoms with van der Waals surface area (Å²) in [6, 6.07) is 5.35. The van der Waals surface area contributed by atoms with E-state index in [1.54, 1.807) is 18.3 Å². The van der Waals surface area contributed by atoms with E-state index in [9.17, 15) is 4.79 Å². The summed E-state index contributed by atoms with van der Waals surface area (Å²) in [5.74, 6) is -0.351. The van der Waals surface area contributed by atoms with Crippen molar-refractivity contribution in [1.82, 2.24) is 9.97 Å². The quantitative estimate of drug-likeness (QED) is 0.494. The van der Waals surface area contributed by atoms with Crippen LogP contribution in [0.2, 0.25) is 10.4 Å². The van der Waals surface area contributed by atoms with Gasteiger partial charge in [0.1, 0.15) is 5.15 Å². The van der Waals surface area contributed by atoms with Gasteiger partial charge in [-0.05, 0) is 50.1 Å². The minimum absolute atomic E-state index is 0.105. The molecular weight excluding hydrogens is 337 g/mol. The molecule has 7 heteroatoms. The van der Waals surface area contributed by atoms with E-state index in [1.807, 2.05) is 26.8 Å². The fourth-order valence-electron chi connectivity index (χ4n) is 1.90. The van der Waals surface area contributed by atoms with Gasteiger partial charge in [0.15, 0.2) is 0 Å². The van der Waals surface area contributed by atoms with Gasteiger partial charge in [0.2, 0.25) is 5.28 Å². The number of carbonyl (C=O) groups is 1. The van der Waals surface area contributed by atoms with Crippen LogP contribution in [0.3, 0.4) is 0 Å². The summed E-state index contributed by atoms with van der Waals surface area (Å²) in [5.41, 5.74) is 3.02. The molecule has 0 saturated carbocycles. The maximum Gasteiger partial charge on any atom is 0.338 e. The van der Waals surface area contributed by atoms with Crippen LogP contribution >= 0.6 is 23.2 Å². The number of ether oxygens (including phenoxy) is 1. The molecule has 0 bridgehead atoms. The minimum atomic E-state index is -0.351. The number of rotatable bonds is 5. The first-order valence-corrected chi connectivity index (χ1v) is 7.85. The second kappa shape index (κ2) is 7.62. The van der Waals surface area contributed by atoms with Crippen molar-refractivity contribution >= 4 is 34.9 Å². The monoisotopic (exact) mass is 353 g/mol. The first-order valence-electron chi connectivity index (χ1n) is 7.09. The van der Waals surface area contributed by atoms with Crippen LogP contribution in [0.5, 0.6) is 0 Å². The van der Waals surface area contributed by atoms with Gasteiger partial charge in [-0.2, -0.15) is 0 Å². The predicted molar refractivity (Wildman–Crippen MR) is 91.1 cm³/mol. The van der Waals surface area contributed by atoms with Crippen molar-refractivity contribution < 1.29 is 9.53 Å². The Morgan fingerprint density at radius 1 is 1.35 bits per heavy atom. The molecule has 122 valence electrons. The molecule has 2 aromatic rings. The summed E-state index contributed by atoms with van der Waals surface area (Å²) in [6.07, 6.45) is 1.40. The van der Waals surface area contributed by atoms with E-state index >= 15 is 0 Å². The number of halogens is 2. The highest BCUT2D eigenvalue weighted by Crippen LogP contribution is 2.21. The molecular formula is C16H17Cl2N3O2. The van der Waals surface area contributed by atoms with Crippen LogP contribution in [0, 0.1) is 6.92 Å². The lowest BCUT2D eigenvalue weighted by atomic mass is 10.1. The van der Waals surface area contributed by atoms with Crippen LogP contribution < -0.4 is 5.32 Å². The van der Waals surface area contributed by atoms with E-state index in [0.717, 1.165) is 11.3 Å². The van der Waals surface area contributed by atoms with Crippen molar-refractivity contribution in [3.8, 4) is 0 Å². The molecule has 0 aliphatic rings. The largest absolute Gasteiger partial charge is 0.459 e. The van der Waals surface area contributed by atoms with Crippen molar-refractivity contribution in [1.29, 1.82) is 0 Å². The lowest BCUT2D eigenvalue weighted by Crippen LogP contribution is -2.12. The third-order valence-electron chi connectivity index (χ3n) is 3.07. The van der Waals surface area contributed by atoms with Gasteiger partial charge in [-0.1, -0.05) is 17.7 Å². The molecule has 0 saturated heterocycles. The molecule has 0 fully saturated rings. The molecule has 23 heavy (non-hydrogen) atoms. The maximum absolute atomic E-state index is 12.0. The van der Waals surface area contributed by atoms with Crippen LogP contribution in [-0.2, 0) is 11.3 Å². The number of carbonyl (C=O) groups excluding carboxylic acids is 1. The van der Waals surface area contributed by atoms with Crippen LogP contribution in [0.1, 0.15) is 35.3 Å². The van der Waals surface area contributed by atoms with Gasteiger partial charge >= 0.3 is 5.97 Å². The van der Waals surface area contributed by atoms with E-state index < -0.39 is 0 Å². The number of nitrogens with zero attached hydrogens (tertiary/aromatic N) is 2. The molecule has 0 amide bonds. The molecule has 0 aliphatic heterocycles. The molecule has 0 aliphatic carbocycles. The SMILES string of the molecule is Cc1ccc(C(=O)OC(C)C)cc1NCc1cnc(Cl)nc1Cl. The third-order valence-corrected chi connectivity index (χ3v) is 3.58. The number of hydrogen-bond acceptors (Lipinski definition) is 5. The van der Waals surface area contributed by atoms with Gasteiger partial charge in [0, 0.05) is 24.0 Å². The van der Waals surface area contributed by atoms with E-state index in [-0.39, 0.29) is 17.4 Å². The highest BCUT2D eigenvalue weighted by Gasteiger charge is 2.11. The van der Waals surface area contributed by atoms with Crippen LogP contribution in [0.4, 0.5) is 5.69 Å². The fourth-order valence-corrected chi connectivity index (χ4v) is 2.27. The molecule has 1 aromatic heterocycles. The molecule has 0 radical (unpaired) electrons. The van der Waals surface area contributed by atoms with Gasteiger partial charge < -0.3 is 10.1 Å². The van der Waals surface area contributed by atoms with Crippen LogP contribution in [-0.4, -0.2) is 22.0 Å². The zero-order chi connectivity index (χ0) is 17.0. The van der Waals surface area contributed by atoms with E-state index in [1.165, 1.54) is 0 Å². The Balaban J connectivity index is 2.14. The molecule has 0 unspecified atom stereocenters. The topological polar surface area (TPSA) is 64.1 Å². The summed E-state index contributed by atoms with van der Waals surface area (Å²) < 4.78 is 5.20. The molecule has 1 aromatic carbocycles. The predicted octanol–water partition coefficient (Wildman–Crippen LogP) is 4.27. The number of aromatic nitrogens is 2. The first kappa shape index (κ1) is 17.5. The number of anilines is 1. The molecule has 0 atom stereocenters. The summed E-state index contributed by atoms with van der Waals surface area (Å²) >= 11 is 11.7. The molecule has 5 nitrogen and oxygen atoms in total. The molecule has 0 spiro atoms. The lowest BCUT2D eigenvalue weighted by molar-refractivity contribution is 0.0378. The third kappa shape index (κ3) is 4.81. The van der Waals surface area contributed by atoms with Crippen molar-refractivity contribution in [3.05, 3.63) is 51.5 Å². The van der Waals surface area contributed by atoms with Gasteiger partial charge in [-0.25, -0.2) is 14.8 Å². The van der Waals surface area contributed by atoms with Crippen molar-refractivity contribution in [3.63, 3.8) is 0 Å². The molecule has 1 heterocycles. The smallest absolute Gasteiger partial charge is 0.338 e. The number of benzene rings is 1. The second-order valence-corrected chi connectivity index (χ2v) is 5.99. The first-order chi connectivity index (χ1) is 10.9. The summed E-state index contributed by atoms with van der Waals surface area (Å²) in [7, 11) is 0. The van der Waals surface area contributed by atoms with Crippen LogP contribution in [0.25, 0.3) is 0 Å². The Hall–Kier alpha value is -1.85. The normalized spacial score (nSPS) is 10.7. The number of nitrogens with one attached hydrogen (secondary N) is 1. The molecule has 1 N–H and O–H groups in total. The van der Waals surface area contributed by atoms with Gasteiger partial charge in [-0.3, -0.25) is 0 Å². The summed E-state index contributed by atoms with van der Waals surface area (Å²) in [5, 5.41) is 3.62. The Morgan fingerprint density at radius 2 is 2.09 bits per heavy atom. The maximum atomic E-state index is 12.0. The fraction of sp³-hybridized carbons (Fsp3) is 0.312. The number of aryl methyl sites for hydroxylation is 1. The highest BCUT2D eigenvalue weighted by atomic mass is 35.5. The summed E-state index contributed by atoms with van der Waals surface area (Å²) in [6.45, 7) is 5.99. The number of hydrogen-bond donors (Lipinski definition) is 1. The van der Waals surface area contributed by atoms with Gasteiger partial charge in [-0.15, -0.1) is 0 Å². The highest BCUT2D eigenvalue weighted by molar-refractivity contribution is 6.32. The molecule has 2 rings (SSSR count). The summed E-state index contributed by atoms with van der Waals surface area (Å²) in [4.78, 5) is 19.8. The Labute approximate surface area is 145 Å². The Bertz CT molecular complexity index is 720. The Morgan fingerprint density at radius 3 is 2.74 bits per heavy atom. The van der Waals surface area contributed by atoms with Crippen LogP contribution in [0.15, 0.2) is 24.4 Å². The van der Waals surface area contributed by atoms with E-state index in [4.69, 9.17) is 27.9 Å². The Kier molecular flexibility index (Phi) is 5.80. The van der Waals surface area contributed by atoms with Crippen molar-refractivity contribution in [2.24, 2.45) is 0 Å². The van der Waals surface area contributed by atoms with E-state index in [0.29, 0.717) is 22.8 Å². The second-order valence-electron chi connectivity index (χ2n) is 5.29. The average Bonchev–Trinajstić information content (AvgIpc) is 2.47. The zero-order valence-electron chi connectivity index (χ0n) is 13.1. The minimum Gasteiger partial charge on any atom is -0.459 e. The zero-order valence-corrected chi connectivity index (χ0v) is 14.6. The van der Waals surface area contributed by atoms with Crippen molar-refractivity contribution in [2.45, 2.75) is 33.4 Å². The van der Waals surface area contributed by atoms with Gasteiger partial charge in [0.25, 0.3) is 0 Å². The lowest BCUT2D eigenvalue weighted by Gasteiger charge is -2.13.